The number of fused-ring (bicyclic) bond motifs is 1. The second-order valence-electron chi connectivity index (χ2n) is 5.12. The largest absolute Gasteiger partial charge is 0.480 e. The summed E-state index contributed by atoms with van der Waals surface area (Å²) in [6, 6.07) is 10.8. The van der Waals surface area contributed by atoms with Crippen LogP contribution in [0.4, 0.5) is 5.69 Å². The molecule has 0 aliphatic carbocycles. The van der Waals surface area contributed by atoms with Gasteiger partial charge in [-0.25, -0.2) is 8.42 Å². The first-order valence-corrected chi connectivity index (χ1v) is 9.86. The maximum absolute atomic E-state index is 13.0. The molecule has 1 N–H and O–H groups in total. The summed E-state index contributed by atoms with van der Waals surface area (Å²) in [7, 11) is -4.04. The minimum atomic E-state index is -4.04. The molecular formula is C16H15NO6S2. The minimum absolute atomic E-state index is 0.0178. The van der Waals surface area contributed by atoms with Gasteiger partial charge in [-0.1, -0.05) is 0 Å². The molecule has 0 radical (unpaired) electrons. The van der Waals surface area contributed by atoms with Crippen molar-refractivity contribution in [3.05, 3.63) is 42.5 Å². The van der Waals surface area contributed by atoms with Gasteiger partial charge in [-0.3, -0.25) is 9.10 Å². The molecule has 1 aliphatic heterocycles. The number of hydrogen-bond donors (Lipinski definition) is 1. The van der Waals surface area contributed by atoms with Gasteiger partial charge >= 0.3 is 5.97 Å². The summed E-state index contributed by atoms with van der Waals surface area (Å²) >= 11 is 1.48. The predicted octanol–water partition coefficient (Wildman–Crippen LogP) is 2.42. The van der Waals surface area contributed by atoms with Crippen molar-refractivity contribution in [1.29, 1.82) is 0 Å². The molecule has 2 aromatic rings. The lowest BCUT2D eigenvalue weighted by Crippen LogP contribution is -2.35. The third-order valence-corrected chi connectivity index (χ3v) is 6.10. The zero-order valence-electron chi connectivity index (χ0n) is 13.2. The molecule has 132 valence electrons. The minimum Gasteiger partial charge on any atom is -0.480 e. The summed E-state index contributed by atoms with van der Waals surface area (Å²) in [5.41, 5.74) is 0.195. The van der Waals surface area contributed by atoms with E-state index in [2.05, 4.69) is 0 Å². The average Bonchev–Trinajstić information content (AvgIpc) is 3.07. The van der Waals surface area contributed by atoms with Crippen molar-refractivity contribution in [3.8, 4) is 11.5 Å². The van der Waals surface area contributed by atoms with Crippen LogP contribution in [0.3, 0.4) is 0 Å². The van der Waals surface area contributed by atoms with Gasteiger partial charge < -0.3 is 14.6 Å². The smallest absolute Gasteiger partial charge is 0.324 e. The molecule has 2 aromatic carbocycles. The van der Waals surface area contributed by atoms with Crippen LogP contribution in [0.2, 0.25) is 0 Å². The molecule has 0 atom stereocenters. The Balaban J connectivity index is 2.03. The number of carboxylic acid groups (broad SMARTS) is 1. The fourth-order valence-electron chi connectivity index (χ4n) is 2.35. The first-order valence-electron chi connectivity index (χ1n) is 7.20. The first kappa shape index (κ1) is 17.4. The van der Waals surface area contributed by atoms with E-state index in [1.54, 1.807) is 18.2 Å². The molecule has 0 aromatic heterocycles. The van der Waals surface area contributed by atoms with Gasteiger partial charge in [-0.2, -0.15) is 0 Å². The Hall–Kier alpha value is -2.39. The summed E-state index contributed by atoms with van der Waals surface area (Å²) < 4.78 is 37.2. The lowest BCUT2D eigenvalue weighted by Gasteiger charge is -2.23. The number of aliphatic carboxylic acids is 1. The molecule has 0 fully saturated rings. The fourth-order valence-corrected chi connectivity index (χ4v) is 4.17. The summed E-state index contributed by atoms with van der Waals surface area (Å²) in [6.45, 7) is -0.660. The molecule has 1 aliphatic rings. The normalized spacial score (nSPS) is 12.8. The van der Waals surface area contributed by atoms with Crippen LogP contribution in [0.25, 0.3) is 0 Å². The molecule has 0 unspecified atom stereocenters. The van der Waals surface area contributed by atoms with Crippen LogP contribution in [0.15, 0.2) is 52.3 Å². The van der Waals surface area contributed by atoms with E-state index in [0.29, 0.717) is 11.5 Å². The van der Waals surface area contributed by atoms with E-state index in [9.17, 15) is 13.2 Å². The lowest BCUT2D eigenvalue weighted by atomic mass is 10.3. The highest BCUT2D eigenvalue weighted by molar-refractivity contribution is 7.98. The van der Waals surface area contributed by atoms with Crippen LogP contribution >= 0.6 is 11.8 Å². The predicted molar refractivity (Wildman–Crippen MR) is 93.0 cm³/mol. The van der Waals surface area contributed by atoms with Gasteiger partial charge in [0, 0.05) is 11.0 Å². The summed E-state index contributed by atoms with van der Waals surface area (Å²) in [4.78, 5) is 12.2. The summed E-state index contributed by atoms with van der Waals surface area (Å²) in [6.07, 6.45) is 1.88. The number of anilines is 1. The van der Waals surface area contributed by atoms with Crippen molar-refractivity contribution in [2.24, 2.45) is 0 Å². The Morgan fingerprint density at radius 3 is 2.48 bits per heavy atom. The second kappa shape index (κ2) is 6.85. The van der Waals surface area contributed by atoms with Crippen LogP contribution in [-0.4, -0.2) is 39.1 Å². The number of hydrogen-bond acceptors (Lipinski definition) is 6. The molecule has 1 heterocycles. The van der Waals surface area contributed by atoms with E-state index in [0.717, 1.165) is 9.20 Å². The highest BCUT2D eigenvalue weighted by Gasteiger charge is 2.28. The number of benzene rings is 2. The number of nitrogens with zero attached hydrogens (tertiary/aromatic N) is 1. The highest BCUT2D eigenvalue weighted by Crippen LogP contribution is 2.37. The standard InChI is InChI=1S/C16H15NO6S2/c1-24-12-3-5-13(6-4-12)25(20,21)17(9-16(18)19)11-2-7-14-15(8-11)23-10-22-14/h2-8H,9-10H2,1H3,(H,18,19). The van der Waals surface area contributed by atoms with E-state index in [1.165, 1.54) is 36.0 Å². The molecular weight excluding hydrogens is 366 g/mol. The molecule has 0 saturated heterocycles. The van der Waals surface area contributed by atoms with E-state index in [1.807, 2.05) is 6.26 Å². The van der Waals surface area contributed by atoms with E-state index >= 15 is 0 Å². The molecule has 0 amide bonds. The summed E-state index contributed by atoms with van der Waals surface area (Å²) in [5, 5.41) is 9.17. The zero-order chi connectivity index (χ0) is 18.0. The number of sulfonamides is 1. The highest BCUT2D eigenvalue weighted by atomic mass is 32.2. The van der Waals surface area contributed by atoms with E-state index in [4.69, 9.17) is 14.6 Å². The fraction of sp³-hybridized carbons (Fsp3) is 0.188. The lowest BCUT2D eigenvalue weighted by molar-refractivity contribution is -0.135. The molecule has 7 nitrogen and oxygen atoms in total. The van der Waals surface area contributed by atoms with Crippen LogP contribution in [0.1, 0.15) is 0 Å². The van der Waals surface area contributed by atoms with Gasteiger partial charge in [0.05, 0.1) is 10.6 Å². The Kier molecular flexibility index (Phi) is 4.78. The Morgan fingerprint density at radius 1 is 1.16 bits per heavy atom. The van der Waals surface area contributed by atoms with Gasteiger partial charge in [0.1, 0.15) is 6.54 Å². The van der Waals surface area contributed by atoms with Crippen molar-refractivity contribution in [1.82, 2.24) is 0 Å². The van der Waals surface area contributed by atoms with Crippen molar-refractivity contribution < 1.29 is 27.8 Å². The Labute approximate surface area is 149 Å². The zero-order valence-corrected chi connectivity index (χ0v) is 14.8. The summed E-state index contributed by atoms with van der Waals surface area (Å²) in [5.74, 6) is -0.399. The van der Waals surface area contributed by atoms with Crippen LogP contribution in [-0.2, 0) is 14.8 Å². The number of rotatable bonds is 6. The first-order chi connectivity index (χ1) is 11.9. The van der Waals surface area contributed by atoms with Gasteiger partial charge in [-0.15, -0.1) is 11.8 Å². The molecule has 3 rings (SSSR count). The maximum Gasteiger partial charge on any atom is 0.324 e. The number of thioether (sulfide) groups is 1. The number of carbonyl (C=O) groups is 1. The van der Waals surface area contributed by atoms with Gasteiger partial charge in [-0.05, 0) is 42.7 Å². The topological polar surface area (TPSA) is 93.1 Å². The molecule has 0 saturated carbocycles. The van der Waals surface area contributed by atoms with Crippen LogP contribution < -0.4 is 13.8 Å². The third kappa shape index (κ3) is 3.52. The van der Waals surface area contributed by atoms with E-state index in [-0.39, 0.29) is 17.4 Å². The maximum atomic E-state index is 13.0. The molecule has 25 heavy (non-hydrogen) atoms. The second-order valence-corrected chi connectivity index (χ2v) is 7.86. The number of carboxylic acids is 1. The number of ether oxygens (including phenoxy) is 2. The van der Waals surface area contributed by atoms with Crippen molar-refractivity contribution >= 4 is 33.4 Å². The van der Waals surface area contributed by atoms with Gasteiger partial charge in [0.15, 0.2) is 11.5 Å². The third-order valence-electron chi connectivity index (χ3n) is 3.57. The van der Waals surface area contributed by atoms with Crippen molar-refractivity contribution in [3.63, 3.8) is 0 Å². The molecule has 0 bridgehead atoms. The van der Waals surface area contributed by atoms with Gasteiger partial charge in [0.2, 0.25) is 6.79 Å². The quantitative estimate of drug-likeness (QED) is 0.768. The Bertz CT molecular complexity index is 895. The van der Waals surface area contributed by atoms with Crippen LogP contribution in [0, 0.1) is 0 Å². The van der Waals surface area contributed by atoms with E-state index < -0.39 is 22.5 Å². The Morgan fingerprint density at radius 2 is 1.84 bits per heavy atom. The van der Waals surface area contributed by atoms with Crippen LogP contribution in [0.5, 0.6) is 11.5 Å². The molecule has 9 heteroatoms. The monoisotopic (exact) mass is 381 g/mol. The molecule has 0 spiro atoms. The average molecular weight is 381 g/mol. The van der Waals surface area contributed by atoms with Crippen molar-refractivity contribution in [2.45, 2.75) is 9.79 Å². The SMILES string of the molecule is CSc1ccc(S(=O)(=O)N(CC(=O)O)c2ccc3c(c2)OCO3)cc1. The van der Waals surface area contributed by atoms with Crippen molar-refractivity contribution in [2.75, 3.05) is 23.9 Å². The van der Waals surface area contributed by atoms with Gasteiger partial charge in [0.25, 0.3) is 10.0 Å².